The van der Waals surface area contributed by atoms with E-state index in [1.54, 1.807) is 18.2 Å². The van der Waals surface area contributed by atoms with E-state index in [9.17, 15) is 13.2 Å². The quantitative estimate of drug-likeness (QED) is 0.764. The molecule has 0 saturated heterocycles. The van der Waals surface area contributed by atoms with Gasteiger partial charge in [0.2, 0.25) is 0 Å². The molecular weight excluding hydrogens is 300 g/mol. The fourth-order valence-electron chi connectivity index (χ4n) is 1.91. The number of aromatic nitrogens is 2. The Morgan fingerprint density at radius 3 is 2.63 bits per heavy atom. The number of halogens is 5. The maximum atomic E-state index is 12.4. The van der Waals surface area contributed by atoms with Gasteiger partial charge in [0, 0.05) is 23.9 Å². The summed E-state index contributed by atoms with van der Waals surface area (Å²) in [6.45, 7) is -0.174. The van der Waals surface area contributed by atoms with Crippen molar-refractivity contribution in [2.75, 3.05) is 5.88 Å². The van der Waals surface area contributed by atoms with Crippen molar-refractivity contribution >= 4 is 34.2 Å². The van der Waals surface area contributed by atoms with Crippen molar-refractivity contribution in [2.24, 2.45) is 0 Å². The number of aryl methyl sites for hydroxylation is 2. The summed E-state index contributed by atoms with van der Waals surface area (Å²) < 4.78 is 38.6. The summed E-state index contributed by atoms with van der Waals surface area (Å²) in [6.07, 6.45) is -4.68. The van der Waals surface area contributed by atoms with E-state index in [2.05, 4.69) is 4.98 Å². The third-order valence-electron chi connectivity index (χ3n) is 2.73. The minimum atomic E-state index is -4.20. The molecule has 0 radical (unpaired) electrons. The van der Waals surface area contributed by atoms with Gasteiger partial charge < -0.3 is 4.57 Å². The van der Waals surface area contributed by atoms with Crippen LogP contribution in [0.2, 0.25) is 5.02 Å². The van der Waals surface area contributed by atoms with Crippen LogP contribution in [0.3, 0.4) is 0 Å². The minimum absolute atomic E-state index is 0.174. The topological polar surface area (TPSA) is 17.8 Å². The molecule has 0 aliphatic carbocycles. The lowest BCUT2D eigenvalue weighted by molar-refractivity contribution is -0.136. The van der Waals surface area contributed by atoms with Crippen LogP contribution in [0.15, 0.2) is 18.2 Å². The molecule has 7 heteroatoms. The molecule has 0 spiro atoms. The Balaban J connectivity index is 2.41. The van der Waals surface area contributed by atoms with E-state index in [4.69, 9.17) is 23.2 Å². The summed E-state index contributed by atoms with van der Waals surface area (Å²) in [5, 5.41) is 0.470. The number of imidazole rings is 1. The van der Waals surface area contributed by atoms with Gasteiger partial charge in [0.1, 0.15) is 5.82 Å². The van der Waals surface area contributed by atoms with Crippen LogP contribution in [-0.4, -0.2) is 21.6 Å². The first kappa shape index (κ1) is 14.5. The number of hydrogen-bond donors (Lipinski definition) is 0. The van der Waals surface area contributed by atoms with Crippen LogP contribution >= 0.6 is 23.2 Å². The average molecular weight is 311 g/mol. The lowest BCUT2D eigenvalue weighted by atomic mass is 10.3. The van der Waals surface area contributed by atoms with Gasteiger partial charge in [-0.1, -0.05) is 11.6 Å². The fraction of sp³-hybridized carbons (Fsp3) is 0.417. The second kappa shape index (κ2) is 5.59. The maximum Gasteiger partial charge on any atom is 0.390 e. The van der Waals surface area contributed by atoms with Gasteiger partial charge in [0.25, 0.3) is 0 Å². The summed E-state index contributed by atoms with van der Waals surface area (Å²) in [5.41, 5.74) is 1.24. The highest BCUT2D eigenvalue weighted by Crippen LogP contribution is 2.25. The van der Waals surface area contributed by atoms with E-state index in [-0.39, 0.29) is 6.54 Å². The smallest absolute Gasteiger partial charge is 0.328 e. The zero-order valence-corrected chi connectivity index (χ0v) is 11.4. The van der Waals surface area contributed by atoms with E-state index < -0.39 is 12.6 Å². The number of nitrogens with zero attached hydrogens (tertiary/aromatic N) is 2. The van der Waals surface area contributed by atoms with Crippen molar-refractivity contribution in [3.8, 4) is 0 Å². The van der Waals surface area contributed by atoms with Gasteiger partial charge >= 0.3 is 6.18 Å². The van der Waals surface area contributed by atoms with Crippen molar-refractivity contribution in [1.29, 1.82) is 0 Å². The molecule has 2 nitrogen and oxygen atoms in total. The van der Waals surface area contributed by atoms with Crippen LogP contribution in [0.4, 0.5) is 13.2 Å². The molecule has 0 saturated carbocycles. The normalized spacial score (nSPS) is 12.3. The molecule has 0 aliphatic heterocycles. The SMILES string of the molecule is FC(F)(F)CCn1c(CCCl)nc2ccc(Cl)cc21. The first-order valence-corrected chi connectivity index (χ1v) is 6.59. The Morgan fingerprint density at radius 2 is 2.00 bits per heavy atom. The van der Waals surface area contributed by atoms with Crippen LogP contribution in [0, 0.1) is 0 Å². The molecule has 0 aliphatic rings. The molecule has 0 bridgehead atoms. The number of rotatable bonds is 4. The van der Waals surface area contributed by atoms with Gasteiger partial charge in [-0.3, -0.25) is 0 Å². The summed E-state index contributed by atoms with van der Waals surface area (Å²) in [6, 6.07) is 4.98. The Bertz CT molecular complexity index is 578. The highest BCUT2D eigenvalue weighted by Gasteiger charge is 2.27. The maximum absolute atomic E-state index is 12.4. The molecule has 1 aromatic heterocycles. The first-order chi connectivity index (χ1) is 8.90. The number of fused-ring (bicyclic) bond motifs is 1. The number of alkyl halides is 4. The predicted molar refractivity (Wildman–Crippen MR) is 69.8 cm³/mol. The molecule has 104 valence electrons. The Kier molecular flexibility index (Phi) is 4.26. The van der Waals surface area contributed by atoms with Crippen molar-refractivity contribution in [1.82, 2.24) is 9.55 Å². The monoisotopic (exact) mass is 310 g/mol. The third kappa shape index (κ3) is 3.54. The van der Waals surface area contributed by atoms with E-state index in [1.807, 2.05) is 0 Å². The van der Waals surface area contributed by atoms with Crippen LogP contribution in [0.1, 0.15) is 12.2 Å². The van der Waals surface area contributed by atoms with Gasteiger partial charge in [0.15, 0.2) is 0 Å². The van der Waals surface area contributed by atoms with Gasteiger partial charge in [-0.2, -0.15) is 13.2 Å². The van der Waals surface area contributed by atoms with E-state index in [1.165, 1.54) is 4.57 Å². The molecule has 0 atom stereocenters. The molecule has 19 heavy (non-hydrogen) atoms. The van der Waals surface area contributed by atoms with Crippen LogP contribution < -0.4 is 0 Å². The molecular formula is C12H11Cl2F3N2. The first-order valence-electron chi connectivity index (χ1n) is 5.68. The van der Waals surface area contributed by atoms with E-state index in [0.717, 1.165) is 0 Å². The molecule has 0 fully saturated rings. The summed E-state index contributed by atoms with van der Waals surface area (Å²) >= 11 is 11.5. The summed E-state index contributed by atoms with van der Waals surface area (Å²) in [4.78, 5) is 4.30. The molecule has 0 amide bonds. The van der Waals surface area contributed by atoms with E-state index in [0.29, 0.717) is 34.2 Å². The van der Waals surface area contributed by atoms with Crippen LogP contribution in [0.5, 0.6) is 0 Å². The van der Waals surface area contributed by atoms with Gasteiger partial charge in [-0.05, 0) is 18.2 Å². The van der Waals surface area contributed by atoms with Crippen LogP contribution in [0.25, 0.3) is 11.0 Å². The van der Waals surface area contributed by atoms with Gasteiger partial charge in [-0.15, -0.1) is 11.6 Å². The number of hydrogen-bond acceptors (Lipinski definition) is 1. The Labute approximate surface area is 118 Å². The second-order valence-electron chi connectivity index (χ2n) is 4.12. The lowest BCUT2D eigenvalue weighted by Crippen LogP contribution is -2.14. The largest absolute Gasteiger partial charge is 0.390 e. The summed E-state index contributed by atoms with van der Waals surface area (Å²) in [7, 11) is 0. The molecule has 2 aromatic rings. The molecule has 1 heterocycles. The second-order valence-corrected chi connectivity index (χ2v) is 4.93. The highest BCUT2D eigenvalue weighted by atomic mass is 35.5. The lowest BCUT2D eigenvalue weighted by Gasteiger charge is -2.10. The minimum Gasteiger partial charge on any atom is -0.328 e. The van der Waals surface area contributed by atoms with Crippen LogP contribution in [-0.2, 0) is 13.0 Å². The Morgan fingerprint density at radius 1 is 1.26 bits per heavy atom. The molecule has 2 rings (SSSR count). The Hall–Kier alpha value is -0.940. The highest BCUT2D eigenvalue weighted by molar-refractivity contribution is 6.31. The zero-order valence-electron chi connectivity index (χ0n) is 9.84. The van der Waals surface area contributed by atoms with Crippen molar-refractivity contribution in [3.05, 3.63) is 29.0 Å². The summed E-state index contributed by atoms with van der Waals surface area (Å²) in [5.74, 6) is 0.861. The fourth-order valence-corrected chi connectivity index (χ4v) is 2.24. The average Bonchev–Trinajstić information content (AvgIpc) is 2.63. The van der Waals surface area contributed by atoms with E-state index >= 15 is 0 Å². The third-order valence-corrected chi connectivity index (χ3v) is 3.15. The molecule has 0 N–H and O–H groups in total. The molecule has 0 unspecified atom stereocenters. The predicted octanol–water partition coefficient (Wildman–Crippen LogP) is 4.42. The van der Waals surface area contributed by atoms with Crippen molar-refractivity contribution < 1.29 is 13.2 Å². The van der Waals surface area contributed by atoms with Gasteiger partial charge in [0.05, 0.1) is 17.5 Å². The molecule has 1 aromatic carbocycles. The van der Waals surface area contributed by atoms with Crippen molar-refractivity contribution in [2.45, 2.75) is 25.6 Å². The van der Waals surface area contributed by atoms with Crippen molar-refractivity contribution in [3.63, 3.8) is 0 Å². The standard InChI is InChI=1S/C12H11Cl2F3N2/c13-5-3-11-18-9-2-1-8(14)7-10(9)19(11)6-4-12(15,16)17/h1-2,7H,3-6H2. The van der Waals surface area contributed by atoms with Gasteiger partial charge in [-0.25, -0.2) is 4.98 Å². The zero-order chi connectivity index (χ0) is 14.0. The number of benzene rings is 1.